The summed E-state index contributed by atoms with van der Waals surface area (Å²) < 4.78 is 18.3. The minimum Gasteiger partial charge on any atom is -0.382 e. The molecule has 0 fully saturated rings. The zero-order valence-electron chi connectivity index (χ0n) is 10.0. The Morgan fingerprint density at radius 3 is 2.71 bits per heavy atom. The van der Waals surface area contributed by atoms with Crippen LogP contribution in [-0.4, -0.2) is 25.2 Å². The number of hydrogen-bond donors (Lipinski definition) is 1. The fourth-order valence-electron chi connectivity index (χ4n) is 1.41. The molecule has 0 bridgehead atoms. The summed E-state index contributed by atoms with van der Waals surface area (Å²) in [6.07, 6.45) is 0. The molecule has 0 aliphatic carbocycles. The first-order valence-corrected chi connectivity index (χ1v) is 5.91. The van der Waals surface area contributed by atoms with Crippen molar-refractivity contribution in [3.63, 3.8) is 0 Å². The number of hydrogen-bond acceptors (Lipinski definition) is 2. The molecule has 1 aromatic carbocycles. The molecule has 94 valence electrons. The van der Waals surface area contributed by atoms with E-state index in [2.05, 4.69) is 21.2 Å². The first-order chi connectivity index (χ1) is 7.85. The van der Waals surface area contributed by atoms with Gasteiger partial charge in [-0.3, -0.25) is 4.79 Å². The van der Waals surface area contributed by atoms with Gasteiger partial charge in [-0.15, -0.1) is 0 Å². The molecule has 0 heterocycles. The maximum Gasteiger partial charge on any atom is 0.251 e. The Kier molecular flexibility index (Phi) is 4.65. The van der Waals surface area contributed by atoms with E-state index in [1.54, 1.807) is 7.11 Å². The van der Waals surface area contributed by atoms with Gasteiger partial charge in [0.1, 0.15) is 5.82 Å². The van der Waals surface area contributed by atoms with Crippen LogP contribution in [0.3, 0.4) is 0 Å². The third kappa shape index (κ3) is 4.09. The Labute approximate surface area is 108 Å². The highest BCUT2D eigenvalue weighted by atomic mass is 79.9. The molecule has 5 heteroatoms. The van der Waals surface area contributed by atoms with Gasteiger partial charge in [-0.1, -0.05) is 0 Å². The van der Waals surface area contributed by atoms with E-state index in [4.69, 9.17) is 4.74 Å². The van der Waals surface area contributed by atoms with Crippen LogP contribution in [0.15, 0.2) is 22.7 Å². The summed E-state index contributed by atoms with van der Waals surface area (Å²) in [5.41, 5.74) is -0.0605. The van der Waals surface area contributed by atoms with Gasteiger partial charge in [0.05, 0.1) is 16.6 Å². The van der Waals surface area contributed by atoms with Crippen LogP contribution in [0.2, 0.25) is 0 Å². The number of carbonyl (C=O) groups excluding carboxylic acids is 1. The molecule has 0 unspecified atom stereocenters. The maximum absolute atomic E-state index is 13.0. The molecule has 3 nitrogen and oxygen atoms in total. The molecule has 0 saturated heterocycles. The molecule has 0 saturated carbocycles. The van der Waals surface area contributed by atoms with Gasteiger partial charge in [-0.25, -0.2) is 4.39 Å². The van der Waals surface area contributed by atoms with E-state index in [9.17, 15) is 9.18 Å². The largest absolute Gasteiger partial charge is 0.382 e. The van der Waals surface area contributed by atoms with Crippen molar-refractivity contribution >= 4 is 21.8 Å². The summed E-state index contributed by atoms with van der Waals surface area (Å²) in [6.45, 7) is 4.11. The highest BCUT2D eigenvalue weighted by Gasteiger charge is 2.21. The van der Waals surface area contributed by atoms with Crippen molar-refractivity contribution < 1.29 is 13.9 Å². The quantitative estimate of drug-likeness (QED) is 0.929. The van der Waals surface area contributed by atoms with Gasteiger partial charge in [-0.2, -0.15) is 0 Å². The minimum atomic E-state index is -0.466. The molecule has 1 rings (SSSR count). The molecule has 0 aromatic heterocycles. The van der Waals surface area contributed by atoms with Crippen LogP contribution in [0.5, 0.6) is 0 Å². The fourth-order valence-corrected chi connectivity index (χ4v) is 1.79. The number of ether oxygens (including phenoxy) is 1. The van der Waals surface area contributed by atoms with Crippen LogP contribution < -0.4 is 5.32 Å². The van der Waals surface area contributed by atoms with Crippen molar-refractivity contribution in [1.29, 1.82) is 0 Å². The number of methoxy groups -OCH3 is 1. The zero-order chi connectivity index (χ0) is 13.1. The number of carbonyl (C=O) groups is 1. The Bertz CT molecular complexity index is 421. The summed E-state index contributed by atoms with van der Waals surface area (Å²) in [5, 5.41) is 2.81. The van der Waals surface area contributed by atoms with Crippen LogP contribution in [0, 0.1) is 5.82 Å². The monoisotopic (exact) mass is 303 g/mol. The lowest BCUT2D eigenvalue weighted by Crippen LogP contribution is -2.46. The highest BCUT2D eigenvalue weighted by Crippen LogP contribution is 2.17. The normalized spacial score (nSPS) is 11.4. The molecule has 0 aliphatic heterocycles. The van der Waals surface area contributed by atoms with Crippen LogP contribution in [0.25, 0.3) is 0 Å². The smallest absolute Gasteiger partial charge is 0.251 e. The van der Waals surface area contributed by atoms with Crippen molar-refractivity contribution in [2.45, 2.75) is 19.4 Å². The predicted octanol–water partition coefficient (Wildman–Crippen LogP) is 2.74. The second-order valence-electron chi connectivity index (χ2n) is 4.40. The van der Waals surface area contributed by atoms with Gasteiger partial charge in [0.2, 0.25) is 0 Å². The summed E-state index contributed by atoms with van der Waals surface area (Å²) >= 11 is 3.05. The standard InChI is InChI=1S/C12H15BrFNO2/c1-12(2,7-17-3)15-11(16)8-4-5-10(14)9(13)6-8/h4-6H,7H2,1-3H3,(H,15,16). The number of halogens is 2. The number of amides is 1. The van der Waals surface area contributed by atoms with E-state index in [0.717, 1.165) is 0 Å². The lowest BCUT2D eigenvalue weighted by atomic mass is 10.1. The second-order valence-corrected chi connectivity index (χ2v) is 5.25. The maximum atomic E-state index is 13.0. The van der Waals surface area contributed by atoms with E-state index in [0.29, 0.717) is 12.2 Å². The van der Waals surface area contributed by atoms with Gasteiger partial charge in [0.25, 0.3) is 5.91 Å². The summed E-state index contributed by atoms with van der Waals surface area (Å²) in [4.78, 5) is 11.9. The molecule has 1 N–H and O–H groups in total. The topological polar surface area (TPSA) is 38.3 Å². The van der Waals surface area contributed by atoms with Gasteiger partial charge in [0, 0.05) is 12.7 Å². The lowest BCUT2D eigenvalue weighted by molar-refractivity contribution is 0.0820. The molecule has 1 amide bonds. The van der Waals surface area contributed by atoms with E-state index in [-0.39, 0.29) is 10.4 Å². The SMILES string of the molecule is COCC(C)(C)NC(=O)c1ccc(F)c(Br)c1. The Hall–Kier alpha value is -0.940. The minimum absolute atomic E-state index is 0.257. The van der Waals surface area contributed by atoms with Gasteiger partial charge < -0.3 is 10.1 Å². The molecule has 0 atom stereocenters. The third-order valence-corrected chi connectivity index (χ3v) is 2.75. The average molecular weight is 304 g/mol. The van der Waals surface area contributed by atoms with Crippen LogP contribution in [0.4, 0.5) is 4.39 Å². The number of nitrogens with one attached hydrogen (secondary N) is 1. The van der Waals surface area contributed by atoms with Crippen LogP contribution in [-0.2, 0) is 4.74 Å². The third-order valence-electron chi connectivity index (χ3n) is 2.14. The summed E-state index contributed by atoms with van der Waals surface area (Å²) in [7, 11) is 1.57. The number of benzene rings is 1. The lowest BCUT2D eigenvalue weighted by Gasteiger charge is -2.25. The Morgan fingerprint density at radius 2 is 2.18 bits per heavy atom. The molecular formula is C12H15BrFNO2. The average Bonchev–Trinajstić information content (AvgIpc) is 2.21. The predicted molar refractivity (Wildman–Crippen MR) is 67.5 cm³/mol. The van der Waals surface area contributed by atoms with Gasteiger partial charge in [0.15, 0.2) is 0 Å². The Morgan fingerprint density at radius 1 is 1.53 bits per heavy atom. The molecule has 0 spiro atoms. The number of rotatable bonds is 4. The van der Waals surface area contributed by atoms with E-state index < -0.39 is 11.4 Å². The molecule has 0 aliphatic rings. The van der Waals surface area contributed by atoms with Gasteiger partial charge >= 0.3 is 0 Å². The van der Waals surface area contributed by atoms with Crippen molar-refractivity contribution in [2.24, 2.45) is 0 Å². The fraction of sp³-hybridized carbons (Fsp3) is 0.417. The summed E-state index contributed by atoms with van der Waals surface area (Å²) in [5.74, 6) is -0.648. The molecule has 0 radical (unpaired) electrons. The summed E-state index contributed by atoms with van der Waals surface area (Å²) in [6, 6.07) is 4.15. The van der Waals surface area contributed by atoms with Crippen molar-refractivity contribution in [2.75, 3.05) is 13.7 Å². The van der Waals surface area contributed by atoms with Crippen LogP contribution >= 0.6 is 15.9 Å². The molecule has 17 heavy (non-hydrogen) atoms. The van der Waals surface area contributed by atoms with E-state index >= 15 is 0 Å². The highest BCUT2D eigenvalue weighted by molar-refractivity contribution is 9.10. The molecular weight excluding hydrogens is 289 g/mol. The first-order valence-electron chi connectivity index (χ1n) is 5.12. The van der Waals surface area contributed by atoms with E-state index in [1.165, 1.54) is 18.2 Å². The van der Waals surface area contributed by atoms with E-state index in [1.807, 2.05) is 13.8 Å². The molecule has 1 aromatic rings. The van der Waals surface area contributed by atoms with Crippen molar-refractivity contribution in [3.05, 3.63) is 34.1 Å². The van der Waals surface area contributed by atoms with Gasteiger partial charge in [-0.05, 0) is 48.0 Å². The Balaban J connectivity index is 2.80. The van der Waals surface area contributed by atoms with Crippen LogP contribution in [0.1, 0.15) is 24.2 Å². The van der Waals surface area contributed by atoms with Crippen molar-refractivity contribution in [3.8, 4) is 0 Å². The zero-order valence-corrected chi connectivity index (χ0v) is 11.6. The van der Waals surface area contributed by atoms with Crippen molar-refractivity contribution in [1.82, 2.24) is 5.32 Å². The second kappa shape index (κ2) is 5.60. The first kappa shape index (κ1) is 14.1.